The van der Waals surface area contributed by atoms with Crippen LogP contribution in [0.1, 0.15) is 27.0 Å². The summed E-state index contributed by atoms with van der Waals surface area (Å²) in [4.78, 5) is 11.0. The molecule has 4 aromatic carbocycles. The second kappa shape index (κ2) is 11.0. The summed E-state index contributed by atoms with van der Waals surface area (Å²) in [6.45, 7) is 1.62. The molecule has 4 rings (SSSR count). The van der Waals surface area contributed by atoms with E-state index in [2.05, 4.69) is 23.5 Å². The number of fused-ring (bicyclic) bond motifs is 1. The van der Waals surface area contributed by atoms with Crippen LogP contribution in [0.25, 0.3) is 10.8 Å². The van der Waals surface area contributed by atoms with Gasteiger partial charge in [0.1, 0.15) is 12.4 Å². The van der Waals surface area contributed by atoms with Crippen molar-refractivity contribution in [1.82, 2.24) is 5.32 Å². The van der Waals surface area contributed by atoms with E-state index in [9.17, 15) is 4.79 Å². The third-order valence-corrected chi connectivity index (χ3v) is 5.54. The topological polar surface area (TPSA) is 58.6 Å². The zero-order valence-electron chi connectivity index (χ0n) is 17.3. The SMILES string of the molecule is Cl.O=C(O)c1ccc(CNCc2c(OCc3ccccc3Cl)ccc3ccccc23)cc1. The largest absolute Gasteiger partial charge is 0.488 e. The van der Waals surface area contributed by atoms with E-state index in [1.807, 2.05) is 54.6 Å². The normalized spacial score (nSPS) is 10.5. The van der Waals surface area contributed by atoms with Crippen molar-refractivity contribution in [2.45, 2.75) is 19.7 Å². The predicted molar refractivity (Wildman–Crippen MR) is 131 cm³/mol. The minimum absolute atomic E-state index is 0. The third-order valence-electron chi connectivity index (χ3n) is 5.17. The van der Waals surface area contributed by atoms with Crippen molar-refractivity contribution >= 4 is 40.7 Å². The number of hydrogen-bond donors (Lipinski definition) is 2. The summed E-state index contributed by atoms with van der Waals surface area (Å²) >= 11 is 6.28. The first-order valence-corrected chi connectivity index (χ1v) is 10.4. The molecule has 0 radical (unpaired) electrons. The van der Waals surface area contributed by atoms with Crippen molar-refractivity contribution in [2.24, 2.45) is 0 Å². The van der Waals surface area contributed by atoms with E-state index in [1.54, 1.807) is 12.1 Å². The van der Waals surface area contributed by atoms with E-state index in [4.69, 9.17) is 21.4 Å². The molecular formula is C26H23Cl2NO3. The van der Waals surface area contributed by atoms with Crippen molar-refractivity contribution < 1.29 is 14.6 Å². The highest BCUT2D eigenvalue weighted by molar-refractivity contribution is 6.31. The Morgan fingerprint density at radius 2 is 1.59 bits per heavy atom. The lowest BCUT2D eigenvalue weighted by atomic mass is 10.0. The summed E-state index contributed by atoms with van der Waals surface area (Å²) in [7, 11) is 0. The average molecular weight is 468 g/mol. The fourth-order valence-electron chi connectivity index (χ4n) is 3.50. The van der Waals surface area contributed by atoms with Gasteiger partial charge in [0.15, 0.2) is 0 Å². The Labute approximate surface area is 198 Å². The van der Waals surface area contributed by atoms with E-state index in [1.165, 1.54) is 0 Å². The number of ether oxygens (including phenoxy) is 1. The number of aromatic carboxylic acids is 1. The molecule has 6 heteroatoms. The molecule has 0 atom stereocenters. The second-order valence-corrected chi connectivity index (χ2v) is 7.66. The Bertz CT molecular complexity index is 1210. The number of benzene rings is 4. The highest BCUT2D eigenvalue weighted by atomic mass is 35.5. The zero-order chi connectivity index (χ0) is 21.6. The molecule has 0 aliphatic heterocycles. The molecule has 32 heavy (non-hydrogen) atoms. The van der Waals surface area contributed by atoms with Crippen molar-refractivity contribution in [3.63, 3.8) is 0 Å². The maximum atomic E-state index is 11.0. The lowest BCUT2D eigenvalue weighted by molar-refractivity contribution is 0.0697. The molecule has 0 saturated heterocycles. The predicted octanol–water partition coefficient (Wildman–Crippen LogP) is 6.48. The fourth-order valence-corrected chi connectivity index (χ4v) is 3.69. The van der Waals surface area contributed by atoms with Gasteiger partial charge in [-0.1, -0.05) is 72.3 Å². The number of carboxylic acid groups (broad SMARTS) is 1. The van der Waals surface area contributed by atoms with Crippen LogP contribution in [0, 0.1) is 0 Å². The fraction of sp³-hybridized carbons (Fsp3) is 0.115. The molecule has 0 saturated carbocycles. The van der Waals surface area contributed by atoms with Gasteiger partial charge < -0.3 is 15.2 Å². The molecule has 164 valence electrons. The van der Waals surface area contributed by atoms with Gasteiger partial charge in [-0.3, -0.25) is 0 Å². The van der Waals surface area contributed by atoms with Crippen molar-refractivity contribution in [3.8, 4) is 5.75 Å². The van der Waals surface area contributed by atoms with Gasteiger partial charge in [0.2, 0.25) is 0 Å². The molecule has 0 heterocycles. The van der Waals surface area contributed by atoms with Gasteiger partial charge in [-0.25, -0.2) is 4.79 Å². The quantitative estimate of drug-likeness (QED) is 0.311. The summed E-state index contributed by atoms with van der Waals surface area (Å²) in [5.74, 6) is -0.108. The van der Waals surface area contributed by atoms with Gasteiger partial charge in [0.25, 0.3) is 0 Å². The van der Waals surface area contributed by atoms with Crippen LogP contribution < -0.4 is 10.1 Å². The van der Waals surface area contributed by atoms with Crippen LogP contribution in [0.2, 0.25) is 5.02 Å². The van der Waals surface area contributed by atoms with Crippen molar-refractivity contribution in [2.75, 3.05) is 0 Å². The smallest absolute Gasteiger partial charge is 0.335 e. The minimum Gasteiger partial charge on any atom is -0.488 e. The third kappa shape index (κ3) is 5.60. The van der Waals surface area contributed by atoms with Gasteiger partial charge in [0.05, 0.1) is 5.56 Å². The molecule has 4 aromatic rings. The molecule has 0 amide bonds. The van der Waals surface area contributed by atoms with Crippen LogP contribution in [0.4, 0.5) is 0 Å². The molecule has 2 N–H and O–H groups in total. The Morgan fingerprint density at radius 1 is 0.875 bits per heavy atom. The van der Waals surface area contributed by atoms with Gasteiger partial charge in [0, 0.05) is 29.2 Å². The van der Waals surface area contributed by atoms with Crippen molar-refractivity contribution in [3.05, 3.63) is 112 Å². The Kier molecular flexibility index (Phi) is 8.12. The van der Waals surface area contributed by atoms with E-state index < -0.39 is 5.97 Å². The van der Waals surface area contributed by atoms with Gasteiger partial charge in [-0.05, 0) is 40.6 Å². The van der Waals surface area contributed by atoms with Crippen molar-refractivity contribution in [1.29, 1.82) is 0 Å². The summed E-state index contributed by atoms with van der Waals surface area (Å²) < 4.78 is 6.17. The Hall–Kier alpha value is -3.05. The number of halogens is 2. The zero-order valence-corrected chi connectivity index (χ0v) is 18.8. The molecule has 0 unspecified atom stereocenters. The first-order valence-electron chi connectivity index (χ1n) is 10.0. The second-order valence-electron chi connectivity index (χ2n) is 7.25. The molecule has 0 aliphatic rings. The lowest BCUT2D eigenvalue weighted by Crippen LogP contribution is -2.14. The van der Waals surface area contributed by atoms with Crippen LogP contribution in [0.15, 0.2) is 84.9 Å². The number of carbonyl (C=O) groups is 1. The van der Waals surface area contributed by atoms with E-state index >= 15 is 0 Å². The monoisotopic (exact) mass is 467 g/mol. The van der Waals surface area contributed by atoms with Crippen LogP contribution in [-0.2, 0) is 19.7 Å². The first-order chi connectivity index (χ1) is 15.1. The highest BCUT2D eigenvalue weighted by Crippen LogP contribution is 2.29. The summed E-state index contributed by atoms with van der Waals surface area (Å²) in [6.07, 6.45) is 0. The standard InChI is InChI=1S/C26H22ClNO3.ClH/c27-24-8-4-2-6-21(24)17-31-25-14-13-19-5-1-3-7-22(19)23(25)16-28-15-18-9-11-20(12-10-18)26(29)30;/h1-14,28H,15-17H2,(H,29,30);1H. The van der Waals surface area contributed by atoms with Crippen LogP contribution in [-0.4, -0.2) is 11.1 Å². The maximum absolute atomic E-state index is 11.0. The molecule has 0 fully saturated rings. The Morgan fingerprint density at radius 3 is 2.34 bits per heavy atom. The van der Waals surface area contributed by atoms with Gasteiger partial charge in [-0.2, -0.15) is 0 Å². The Balaban J connectivity index is 0.00000289. The van der Waals surface area contributed by atoms with Gasteiger partial charge in [-0.15, -0.1) is 12.4 Å². The van der Waals surface area contributed by atoms with E-state index in [0.29, 0.717) is 24.7 Å². The number of carboxylic acids is 1. The van der Waals surface area contributed by atoms with Crippen LogP contribution >= 0.6 is 24.0 Å². The number of rotatable bonds is 8. The summed E-state index contributed by atoms with van der Waals surface area (Å²) in [6, 6.07) is 26.8. The van der Waals surface area contributed by atoms with Gasteiger partial charge >= 0.3 is 5.97 Å². The van der Waals surface area contributed by atoms with Crippen LogP contribution in [0.5, 0.6) is 5.75 Å². The summed E-state index contributed by atoms with van der Waals surface area (Å²) in [5.41, 5.74) is 3.32. The number of nitrogens with one attached hydrogen (secondary N) is 1. The highest BCUT2D eigenvalue weighted by Gasteiger charge is 2.10. The first kappa shape index (κ1) is 23.6. The molecular weight excluding hydrogens is 445 g/mol. The molecule has 0 spiro atoms. The number of hydrogen-bond acceptors (Lipinski definition) is 3. The molecule has 0 bridgehead atoms. The molecule has 0 aromatic heterocycles. The van der Waals surface area contributed by atoms with Crippen LogP contribution in [0.3, 0.4) is 0 Å². The average Bonchev–Trinajstić information content (AvgIpc) is 2.79. The summed E-state index contributed by atoms with van der Waals surface area (Å²) in [5, 5.41) is 15.5. The maximum Gasteiger partial charge on any atom is 0.335 e. The minimum atomic E-state index is -0.921. The molecule has 0 aliphatic carbocycles. The lowest BCUT2D eigenvalue weighted by Gasteiger charge is -2.16. The molecule has 4 nitrogen and oxygen atoms in total. The van der Waals surface area contributed by atoms with E-state index in [0.717, 1.165) is 33.2 Å². The van der Waals surface area contributed by atoms with E-state index in [-0.39, 0.29) is 18.0 Å².